The highest BCUT2D eigenvalue weighted by molar-refractivity contribution is 7.14. The standard InChI is InChI=1S/C20H18Cl2N2OS/c1-3-12(2)13-4-6-14(7-5-13)18-11-26-20(23-18)24-19(25)16-10-15(21)8-9-17(16)22/h4-12H,3H2,1-2H3,(H,23,24,25). The summed E-state index contributed by atoms with van der Waals surface area (Å²) in [5.41, 5.74) is 3.50. The lowest BCUT2D eigenvalue weighted by molar-refractivity contribution is 0.102. The smallest absolute Gasteiger partial charge is 0.259 e. The Labute approximate surface area is 167 Å². The third kappa shape index (κ3) is 4.26. The zero-order valence-electron chi connectivity index (χ0n) is 14.4. The highest BCUT2D eigenvalue weighted by atomic mass is 35.5. The average Bonchev–Trinajstić information content (AvgIpc) is 3.11. The van der Waals surface area contributed by atoms with Gasteiger partial charge in [0.2, 0.25) is 0 Å². The second kappa shape index (κ2) is 8.21. The Morgan fingerprint density at radius 2 is 1.92 bits per heavy atom. The Hall–Kier alpha value is -1.88. The molecule has 3 aromatic rings. The molecule has 26 heavy (non-hydrogen) atoms. The number of nitrogens with one attached hydrogen (secondary N) is 1. The molecule has 1 N–H and O–H groups in total. The summed E-state index contributed by atoms with van der Waals surface area (Å²) in [5.74, 6) is 0.210. The van der Waals surface area contributed by atoms with Crippen molar-refractivity contribution in [1.29, 1.82) is 0 Å². The van der Waals surface area contributed by atoms with Crippen LogP contribution in [-0.2, 0) is 0 Å². The molecule has 3 rings (SSSR count). The van der Waals surface area contributed by atoms with Gasteiger partial charge in [0.25, 0.3) is 5.91 Å². The first-order valence-electron chi connectivity index (χ1n) is 8.30. The summed E-state index contributed by atoms with van der Waals surface area (Å²) < 4.78 is 0. The topological polar surface area (TPSA) is 42.0 Å². The van der Waals surface area contributed by atoms with Crippen molar-refractivity contribution in [1.82, 2.24) is 4.98 Å². The molecule has 0 fully saturated rings. The van der Waals surface area contributed by atoms with Crippen LogP contribution in [0.5, 0.6) is 0 Å². The van der Waals surface area contributed by atoms with Gasteiger partial charge in [0.05, 0.1) is 16.3 Å². The third-order valence-electron chi connectivity index (χ3n) is 4.29. The quantitative estimate of drug-likeness (QED) is 0.503. The summed E-state index contributed by atoms with van der Waals surface area (Å²) >= 11 is 13.4. The summed E-state index contributed by atoms with van der Waals surface area (Å²) in [7, 11) is 0. The number of amides is 1. The molecule has 0 saturated heterocycles. The zero-order valence-corrected chi connectivity index (χ0v) is 16.8. The molecule has 6 heteroatoms. The van der Waals surface area contributed by atoms with Gasteiger partial charge in [0, 0.05) is 16.0 Å². The van der Waals surface area contributed by atoms with Gasteiger partial charge in [-0.05, 0) is 36.1 Å². The monoisotopic (exact) mass is 404 g/mol. The number of carbonyl (C=O) groups is 1. The van der Waals surface area contributed by atoms with Crippen molar-refractivity contribution in [3.63, 3.8) is 0 Å². The molecular weight excluding hydrogens is 387 g/mol. The van der Waals surface area contributed by atoms with E-state index in [4.69, 9.17) is 23.2 Å². The van der Waals surface area contributed by atoms with E-state index in [1.165, 1.54) is 16.9 Å². The minimum atomic E-state index is -0.328. The van der Waals surface area contributed by atoms with Crippen LogP contribution < -0.4 is 5.32 Å². The predicted octanol–water partition coefficient (Wildman–Crippen LogP) is 6.88. The van der Waals surface area contributed by atoms with Crippen molar-refractivity contribution in [2.45, 2.75) is 26.2 Å². The zero-order chi connectivity index (χ0) is 18.7. The van der Waals surface area contributed by atoms with E-state index in [2.05, 4.69) is 48.4 Å². The van der Waals surface area contributed by atoms with Crippen LogP contribution in [0.15, 0.2) is 47.8 Å². The molecule has 0 aliphatic rings. The minimum absolute atomic E-state index is 0.328. The Balaban J connectivity index is 1.75. The fraction of sp³-hybridized carbons (Fsp3) is 0.200. The number of anilines is 1. The van der Waals surface area contributed by atoms with E-state index in [1.54, 1.807) is 18.2 Å². The van der Waals surface area contributed by atoms with Gasteiger partial charge in [-0.25, -0.2) is 4.98 Å². The van der Waals surface area contributed by atoms with Crippen LogP contribution in [0.3, 0.4) is 0 Å². The second-order valence-corrected chi connectivity index (χ2v) is 7.75. The SMILES string of the molecule is CCC(C)c1ccc(-c2csc(NC(=O)c3cc(Cl)ccc3Cl)n2)cc1. The van der Waals surface area contributed by atoms with Gasteiger partial charge >= 0.3 is 0 Å². The molecule has 3 nitrogen and oxygen atoms in total. The Morgan fingerprint density at radius 1 is 1.19 bits per heavy atom. The lowest BCUT2D eigenvalue weighted by Crippen LogP contribution is -2.12. The lowest BCUT2D eigenvalue weighted by Gasteiger charge is -2.09. The summed E-state index contributed by atoms with van der Waals surface area (Å²) in [4.78, 5) is 16.9. The Kier molecular flexibility index (Phi) is 5.97. The van der Waals surface area contributed by atoms with Crippen molar-refractivity contribution in [2.24, 2.45) is 0 Å². The van der Waals surface area contributed by atoms with Crippen molar-refractivity contribution in [3.05, 3.63) is 69.0 Å². The molecule has 2 aromatic carbocycles. The molecule has 0 aliphatic carbocycles. The van der Waals surface area contributed by atoms with Gasteiger partial charge in [-0.15, -0.1) is 11.3 Å². The van der Waals surface area contributed by atoms with Crippen LogP contribution in [0.25, 0.3) is 11.3 Å². The number of thiazole rings is 1. The highest BCUT2D eigenvalue weighted by Gasteiger charge is 2.14. The maximum atomic E-state index is 12.4. The maximum absolute atomic E-state index is 12.4. The van der Waals surface area contributed by atoms with E-state index in [0.717, 1.165) is 17.7 Å². The molecule has 0 radical (unpaired) electrons. The van der Waals surface area contributed by atoms with E-state index in [9.17, 15) is 4.79 Å². The summed E-state index contributed by atoms with van der Waals surface area (Å²) in [6.07, 6.45) is 1.11. The van der Waals surface area contributed by atoms with E-state index in [-0.39, 0.29) is 5.91 Å². The van der Waals surface area contributed by atoms with Gasteiger partial charge in [-0.2, -0.15) is 0 Å². The van der Waals surface area contributed by atoms with E-state index >= 15 is 0 Å². The molecule has 0 aliphatic heterocycles. The minimum Gasteiger partial charge on any atom is -0.298 e. The van der Waals surface area contributed by atoms with Crippen LogP contribution in [0.1, 0.15) is 42.1 Å². The molecule has 1 aromatic heterocycles. The van der Waals surface area contributed by atoms with Gasteiger partial charge < -0.3 is 0 Å². The first kappa shape index (κ1) is 18.9. The molecule has 134 valence electrons. The molecule has 1 atom stereocenters. The largest absolute Gasteiger partial charge is 0.298 e. The van der Waals surface area contributed by atoms with E-state index in [1.807, 2.05) is 5.38 Å². The number of carbonyl (C=O) groups excluding carboxylic acids is 1. The summed E-state index contributed by atoms with van der Waals surface area (Å²) in [6, 6.07) is 13.2. The maximum Gasteiger partial charge on any atom is 0.259 e. The number of aromatic nitrogens is 1. The first-order valence-corrected chi connectivity index (χ1v) is 9.93. The van der Waals surface area contributed by atoms with Crippen LogP contribution >= 0.6 is 34.5 Å². The Bertz CT molecular complexity index is 922. The molecule has 1 heterocycles. The molecule has 1 unspecified atom stereocenters. The fourth-order valence-electron chi connectivity index (χ4n) is 2.52. The second-order valence-electron chi connectivity index (χ2n) is 6.05. The number of nitrogens with zero attached hydrogens (tertiary/aromatic N) is 1. The van der Waals surface area contributed by atoms with Crippen molar-refractivity contribution in [3.8, 4) is 11.3 Å². The van der Waals surface area contributed by atoms with Crippen molar-refractivity contribution >= 4 is 45.6 Å². The number of rotatable bonds is 5. The predicted molar refractivity (Wildman–Crippen MR) is 111 cm³/mol. The van der Waals surface area contributed by atoms with Gasteiger partial charge in [0.15, 0.2) is 5.13 Å². The molecule has 0 bridgehead atoms. The Morgan fingerprint density at radius 3 is 2.62 bits per heavy atom. The molecule has 0 spiro atoms. The summed E-state index contributed by atoms with van der Waals surface area (Å²) in [6.45, 7) is 4.40. The molecular formula is C20H18Cl2N2OS. The first-order chi connectivity index (χ1) is 12.5. The number of hydrogen-bond donors (Lipinski definition) is 1. The fourth-order valence-corrected chi connectivity index (χ4v) is 3.61. The van der Waals surface area contributed by atoms with Crippen LogP contribution in [0.4, 0.5) is 5.13 Å². The third-order valence-corrected chi connectivity index (χ3v) is 5.61. The number of halogens is 2. The van der Waals surface area contributed by atoms with Crippen LogP contribution in [-0.4, -0.2) is 10.9 Å². The van der Waals surface area contributed by atoms with Gasteiger partial charge in [0.1, 0.15) is 0 Å². The van der Waals surface area contributed by atoms with Crippen molar-refractivity contribution in [2.75, 3.05) is 5.32 Å². The van der Waals surface area contributed by atoms with Gasteiger partial charge in [-0.1, -0.05) is 61.3 Å². The van der Waals surface area contributed by atoms with E-state index in [0.29, 0.717) is 26.7 Å². The van der Waals surface area contributed by atoms with Crippen LogP contribution in [0.2, 0.25) is 10.0 Å². The number of hydrogen-bond acceptors (Lipinski definition) is 3. The summed E-state index contributed by atoms with van der Waals surface area (Å²) in [5, 5.41) is 6.04. The lowest BCUT2D eigenvalue weighted by atomic mass is 9.97. The van der Waals surface area contributed by atoms with Gasteiger partial charge in [-0.3, -0.25) is 10.1 Å². The van der Waals surface area contributed by atoms with E-state index < -0.39 is 0 Å². The molecule has 0 saturated carbocycles. The normalized spacial score (nSPS) is 12.0. The average molecular weight is 405 g/mol. The van der Waals surface area contributed by atoms with Crippen molar-refractivity contribution < 1.29 is 4.79 Å². The number of benzene rings is 2. The highest BCUT2D eigenvalue weighted by Crippen LogP contribution is 2.28. The van der Waals surface area contributed by atoms with Crippen LogP contribution in [0, 0.1) is 0 Å². The molecule has 1 amide bonds.